The molecule has 0 aliphatic heterocycles. The molecule has 0 heterocycles. The largest absolute Gasteiger partial charge is 0.326 e. The minimum Gasteiger partial charge on any atom is -0.326 e. The first-order valence-electron chi connectivity index (χ1n) is 6.63. The van der Waals surface area contributed by atoms with Crippen LogP contribution in [0, 0.1) is 6.92 Å². The summed E-state index contributed by atoms with van der Waals surface area (Å²) < 4.78 is 0. The maximum atomic E-state index is 12.2. The third-order valence-electron chi connectivity index (χ3n) is 3.32. The van der Waals surface area contributed by atoms with Crippen molar-refractivity contribution in [3.63, 3.8) is 0 Å². The van der Waals surface area contributed by atoms with Crippen LogP contribution in [0.1, 0.15) is 22.3 Å². The van der Waals surface area contributed by atoms with Gasteiger partial charge in [-0.1, -0.05) is 48.0 Å². The van der Waals surface area contributed by atoms with Gasteiger partial charge in [-0.05, 0) is 35.2 Å². The van der Waals surface area contributed by atoms with Crippen molar-refractivity contribution in [2.24, 2.45) is 5.73 Å². The van der Waals surface area contributed by atoms with Gasteiger partial charge in [0.25, 0.3) is 0 Å². The number of ketones is 1. The molecule has 0 atom stereocenters. The second-order valence-electron chi connectivity index (χ2n) is 4.96. The summed E-state index contributed by atoms with van der Waals surface area (Å²) in [5.41, 5.74) is 9.69. The highest BCUT2D eigenvalue weighted by Gasteiger charge is 2.10. The first kappa shape index (κ1) is 14.8. The summed E-state index contributed by atoms with van der Waals surface area (Å²) in [5.74, 6) is 0.150. The topological polar surface area (TPSA) is 43.1 Å². The number of aryl methyl sites for hydroxylation is 1. The second-order valence-corrected chi connectivity index (χ2v) is 5.37. The molecule has 2 nitrogen and oxygen atoms in total. The van der Waals surface area contributed by atoms with E-state index in [0.29, 0.717) is 24.4 Å². The Bertz CT molecular complexity index is 622. The van der Waals surface area contributed by atoms with Gasteiger partial charge in [0, 0.05) is 24.4 Å². The molecule has 2 aromatic carbocycles. The Morgan fingerprint density at radius 3 is 2.35 bits per heavy atom. The Morgan fingerprint density at radius 2 is 1.70 bits per heavy atom. The third kappa shape index (κ3) is 3.69. The van der Waals surface area contributed by atoms with E-state index in [-0.39, 0.29) is 5.78 Å². The highest BCUT2D eigenvalue weighted by atomic mass is 35.5. The number of carbonyl (C=O) groups is 1. The molecule has 0 aromatic heterocycles. The zero-order chi connectivity index (χ0) is 14.5. The summed E-state index contributed by atoms with van der Waals surface area (Å²) in [4.78, 5) is 12.2. The molecule has 0 fully saturated rings. The van der Waals surface area contributed by atoms with Crippen LogP contribution in [0.2, 0.25) is 5.02 Å². The van der Waals surface area contributed by atoms with E-state index in [1.807, 2.05) is 49.4 Å². The van der Waals surface area contributed by atoms with Crippen molar-refractivity contribution in [3.8, 4) is 0 Å². The fraction of sp³-hybridized carbons (Fsp3) is 0.235. The van der Waals surface area contributed by atoms with E-state index in [1.165, 1.54) is 0 Å². The molecule has 0 radical (unpaired) electrons. The molecular formula is C17H18ClNO. The molecule has 2 aromatic rings. The molecule has 0 spiro atoms. The van der Waals surface area contributed by atoms with Gasteiger partial charge < -0.3 is 5.73 Å². The average molecular weight is 288 g/mol. The molecule has 0 saturated carbocycles. The number of hydrogen-bond acceptors (Lipinski definition) is 2. The first-order valence-corrected chi connectivity index (χ1v) is 7.01. The maximum absolute atomic E-state index is 12.2. The Hall–Kier alpha value is -1.64. The third-order valence-corrected chi connectivity index (χ3v) is 3.67. The molecule has 0 aliphatic rings. The van der Waals surface area contributed by atoms with Crippen LogP contribution in [0.5, 0.6) is 0 Å². The van der Waals surface area contributed by atoms with Crippen molar-refractivity contribution in [1.82, 2.24) is 0 Å². The number of hydrogen-bond donors (Lipinski definition) is 1. The number of benzene rings is 2. The monoisotopic (exact) mass is 287 g/mol. The lowest BCUT2D eigenvalue weighted by Gasteiger charge is -2.08. The van der Waals surface area contributed by atoms with Gasteiger partial charge in [-0.15, -0.1) is 0 Å². The van der Waals surface area contributed by atoms with Crippen LogP contribution in [-0.4, -0.2) is 5.78 Å². The SMILES string of the molecule is Cc1ccc(CC(=O)Cc2ccccc2CN)c(Cl)c1. The van der Waals surface area contributed by atoms with Gasteiger partial charge in [-0.2, -0.15) is 0 Å². The number of rotatable bonds is 5. The summed E-state index contributed by atoms with van der Waals surface area (Å²) in [7, 11) is 0. The summed E-state index contributed by atoms with van der Waals surface area (Å²) in [5, 5.41) is 0.658. The van der Waals surface area contributed by atoms with E-state index in [0.717, 1.165) is 22.3 Å². The van der Waals surface area contributed by atoms with Crippen LogP contribution in [0.25, 0.3) is 0 Å². The zero-order valence-corrected chi connectivity index (χ0v) is 12.3. The Balaban J connectivity index is 2.09. The van der Waals surface area contributed by atoms with E-state index in [1.54, 1.807) is 0 Å². The fourth-order valence-electron chi connectivity index (χ4n) is 2.21. The smallest absolute Gasteiger partial charge is 0.141 e. The molecule has 2 rings (SSSR count). The van der Waals surface area contributed by atoms with Crippen molar-refractivity contribution in [3.05, 3.63) is 69.7 Å². The molecule has 0 bridgehead atoms. The van der Waals surface area contributed by atoms with E-state index in [4.69, 9.17) is 17.3 Å². The Morgan fingerprint density at radius 1 is 1.05 bits per heavy atom. The first-order chi connectivity index (χ1) is 9.60. The summed E-state index contributed by atoms with van der Waals surface area (Å²) in [6.45, 7) is 2.43. The molecule has 2 N–H and O–H groups in total. The lowest BCUT2D eigenvalue weighted by molar-refractivity contribution is -0.117. The van der Waals surface area contributed by atoms with E-state index >= 15 is 0 Å². The van der Waals surface area contributed by atoms with Crippen LogP contribution in [0.15, 0.2) is 42.5 Å². The predicted molar refractivity (Wildman–Crippen MR) is 82.9 cm³/mol. The standard InChI is InChI=1S/C17H18ClNO/c1-12-6-7-14(17(18)8-12)10-16(20)9-13-4-2-3-5-15(13)11-19/h2-8H,9-11,19H2,1H3. The Labute approximate surface area is 124 Å². The van der Waals surface area contributed by atoms with Crippen molar-refractivity contribution in [1.29, 1.82) is 0 Å². The highest BCUT2D eigenvalue weighted by molar-refractivity contribution is 6.31. The molecule has 104 valence electrons. The predicted octanol–water partition coefficient (Wildman–Crippen LogP) is 3.46. The average Bonchev–Trinajstić information content (AvgIpc) is 2.42. The number of halogens is 1. The molecule has 20 heavy (non-hydrogen) atoms. The minimum atomic E-state index is 0.150. The Kier molecular flexibility index (Phi) is 4.94. The van der Waals surface area contributed by atoms with Crippen molar-refractivity contribution in [2.75, 3.05) is 0 Å². The lowest BCUT2D eigenvalue weighted by Crippen LogP contribution is -2.10. The van der Waals surface area contributed by atoms with Crippen molar-refractivity contribution < 1.29 is 4.79 Å². The van der Waals surface area contributed by atoms with Gasteiger partial charge in [0.2, 0.25) is 0 Å². The summed E-state index contributed by atoms with van der Waals surface area (Å²) in [6, 6.07) is 13.6. The number of nitrogens with two attached hydrogens (primary N) is 1. The number of Topliss-reactive ketones (excluding diaryl/α,β-unsaturated/α-hetero) is 1. The molecule has 0 saturated heterocycles. The van der Waals surface area contributed by atoms with Gasteiger partial charge in [0.05, 0.1) is 0 Å². The van der Waals surface area contributed by atoms with Gasteiger partial charge in [0.15, 0.2) is 0 Å². The van der Waals surface area contributed by atoms with E-state index in [2.05, 4.69) is 0 Å². The van der Waals surface area contributed by atoms with Crippen LogP contribution in [0.4, 0.5) is 0 Å². The van der Waals surface area contributed by atoms with Gasteiger partial charge in [-0.3, -0.25) is 4.79 Å². The van der Waals surface area contributed by atoms with Crippen LogP contribution < -0.4 is 5.73 Å². The molecule has 0 unspecified atom stereocenters. The van der Waals surface area contributed by atoms with Gasteiger partial charge in [0.1, 0.15) is 5.78 Å². The van der Waals surface area contributed by atoms with Gasteiger partial charge in [-0.25, -0.2) is 0 Å². The minimum absolute atomic E-state index is 0.150. The second kappa shape index (κ2) is 6.69. The summed E-state index contributed by atoms with van der Waals surface area (Å²) >= 11 is 6.16. The fourth-order valence-corrected chi connectivity index (χ4v) is 2.51. The lowest BCUT2D eigenvalue weighted by atomic mass is 9.98. The number of carbonyl (C=O) groups excluding carboxylic acids is 1. The summed E-state index contributed by atoms with van der Waals surface area (Å²) in [6.07, 6.45) is 0.760. The quantitative estimate of drug-likeness (QED) is 0.915. The van der Waals surface area contributed by atoms with E-state index < -0.39 is 0 Å². The molecule has 0 aliphatic carbocycles. The molecule has 3 heteroatoms. The van der Waals surface area contributed by atoms with Crippen LogP contribution in [0.3, 0.4) is 0 Å². The van der Waals surface area contributed by atoms with Gasteiger partial charge >= 0.3 is 0 Å². The normalized spacial score (nSPS) is 10.6. The van der Waals surface area contributed by atoms with Crippen molar-refractivity contribution in [2.45, 2.75) is 26.3 Å². The van der Waals surface area contributed by atoms with Crippen LogP contribution in [-0.2, 0) is 24.2 Å². The maximum Gasteiger partial charge on any atom is 0.141 e. The van der Waals surface area contributed by atoms with Crippen molar-refractivity contribution >= 4 is 17.4 Å². The van der Waals surface area contributed by atoms with E-state index in [9.17, 15) is 4.79 Å². The molecule has 0 amide bonds. The molecular weight excluding hydrogens is 270 g/mol. The highest BCUT2D eigenvalue weighted by Crippen LogP contribution is 2.19. The van der Waals surface area contributed by atoms with Crippen LogP contribution >= 0.6 is 11.6 Å². The zero-order valence-electron chi connectivity index (χ0n) is 11.5.